The molecular formula is C12H20N2O5S. The van der Waals surface area contributed by atoms with E-state index >= 15 is 0 Å². The second-order valence-corrected chi connectivity index (χ2v) is 7.55. The number of hydrogen-bond donors (Lipinski definition) is 2. The molecular weight excluding hydrogens is 284 g/mol. The molecule has 2 fully saturated rings. The third-order valence-electron chi connectivity index (χ3n) is 4.16. The predicted octanol–water partition coefficient (Wildman–Crippen LogP) is -0.0760. The third kappa shape index (κ3) is 2.80. The van der Waals surface area contributed by atoms with Gasteiger partial charge in [0, 0.05) is 6.54 Å². The average molecular weight is 304 g/mol. The molecule has 0 bridgehead atoms. The summed E-state index contributed by atoms with van der Waals surface area (Å²) in [5.41, 5.74) is -1.20. The van der Waals surface area contributed by atoms with E-state index in [1.165, 1.54) is 4.31 Å². The van der Waals surface area contributed by atoms with Gasteiger partial charge in [-0.15, -0.1) is 0 Å². The van der Waals surface area contributed by atoms with Crippen LogP contribution in [0, 0.1) is 0 Å². The van der Waals surface area contributed by atoms with E-state index < -0.39 is 33.5 Å². The summed E-state index contributed by atoms with van der Waals surface area (Å²) in [4.78, 5) is 23.5. The van der Waals surface area contributed by atoms with Crippen LogP contribution in [0.25, 0.3) is 0 Å². The van der Waals surface area contributed by atoms with Crippen LogP contribution >= 0.6 is 0 Å². The first-order chi connectivity index (χ1) is 9.26. The minimum Gasteiger partial charge on any atom is -0.480 e. The molecule has 2 aliphatic rings. The van der Waals surface area contributed by atoms with Crippen LogP contribution in [0.3, 0.4) is 0 Å². The van der Waals surface area contributed by atoms with Crippen LogP contribution in [0.4, 0.5) is 0 Å². The van der Waals surface area contributed by atoms with Crippen molar-refractivity contribution < 1.29 is 23.1 Å². The molecule has 1 saturated carbocycles. The lowest BCUT2D eigenvalue weighted by Gasteiger charge is -2.41. The highest BCUT2D eigenvalue weighted by atomic mass is 32.2. The van der Waals surface area contributed by atoms with Crippen molar-refractivity contribution in [1.82, 2.24) is 9.62 Å². The van der Waals surface area contributed by atoms with E-state index in [-0.39, 0.29) is 0 Å². The summed E-state index contributed by atoms with van der Waals surface area (Å²) in [7, 11) is -3.46. The van der Waals surface area contributed by atoms with Gasteiger partial charge in [-0.2, -0.15) is 4.31 Å². The standard InChI is InChI=1S/C12H20N2O5S/c1-20(18,19)14-8-3-2-5-9(14)10(15)13-12(11(16)17)6-4-7-12/h9H,2-8H2,1H3,(H,13,15)(H,16,17). The van der Waals surface area contributed by atoms with Gasteiger partial charge in [0.2, 0.25) is 15.9 Å². The summed E-state index contributed by atoms with van der Waals surface area (Å²) in [6.45, 7) is 0.316. The van der Waals surface area contributed by atoms with Crippen molar-refractivity contribution in [1.29, 1.82) is 0 Å². The number of aliphatic carboxylic acids is 1. The Bertz CT molecular complexity index is 512. The van der Waals surface area contributed by atoms with Crippen LogP contribution in [0.1, 0.15) is 38.5 Å². The molecule has 2 N–H and O–H groups in total. The van der Waals surface area contributed by atoms with Gasteiger partial charge in [-0.3, -0.25) is 4.79 Å². The maximum atomic E-state index is 12.3. The number of carbonyl (C=O) groups is 2. The Morgan fingerprint density at radius 2 is 1.90 bits per heavy atom. The van der Waals surface area contributed by atoms with Crippen molar-refractivity contribution in [2.24, 2.45) is 0 Å². The Morgan fingerprint density at radius 3 is 2.35 bits per heavy atom. The lowest BCUT2D eigenvalue weighted by atomic mass is 9.76. The van der Waals surface area contributed by atoms with E-state index in [2.05, 4.69) is 5.32 Å². The molecule has 1 aliphatic heterocycles. The molecule has 7 nitrogen and oxygen atoms in total. The fraction of sp³-hybridized carbons (Fsp3) is 0.833. The minimum absolute atomic E-state index is 0.316. The Kier molecular flexibility index (Phi) is 4.06. The summed E-state index contributed by atoms with van der Waals surface area (Å²) in [5.74, 6) is -1.53. The van der Waals surface area contributed by atoms with Crippen LogP contribution in [0.5, 0.6) is 0 Å². The van der Waals surface area contributed by atoms with Crippen molar-refractivity contribution in [3.63, 3.8) is 0 Å². The molecule has 20 heavy (non-hydrogen) atoms. The van der Waals surface area contributed by atoms with Gasteiger partial charge in [0.1, 0.15) is 11.6 Å². The molecule has 0 aromatic heterocycles. The molecule has 0 aromatic rings. The molecule has 1 aliphatic carbocycles. The summed E-state index contributed by atoms with van der Waals surface area (Å²) in [6, 6.07) is -0.782. The van der Waals surface area contributed by atoms with Gasteiger partial charge in [0.15, 0.2) is 0 Å². The van der Waals surface area contributed by atoms with Crippen LogP contribution in [-0.2, 0) is 19.6 Å². The van der Waals surface area contributed by atoms with Gasteiger partial charge >= 0.3 is 5.97 Å². The first-order valence-corrected chi connectivity index (χ1v) is 8.63. The number of carbonyl (C=O) groups excluding carboxylic acids is 1. The molecule has 0 radical (unpaired) electrons. The van der Waals surface area contributed by atoms with Gasteiger partial charge in [0.25, 0.3) is 0 Å². The second kappa shape index (κ2) is 5.33. The minimum atomic E-state index is -3.46. The average Bonchev–Trinajstić information content (AvgIpc) is 2.32. The highest BCUT2D eigenvalue weighted by Crippen LogP contribution is 2.33. The molecule has 1 unspecified atom stereocenters. The maximum absolute atomic E-state index is 12.3. The van der Waals surface area contributed by atoms with Gasteiger partial charge in [-0.25, -0.2) is 13.2 Å². The highest BCUT2D eigenvalue weighted by molar-refractivity contribution is 7.88. The monoisotopic (exact) mass is 304 g/mol. The molecule has 1 saturated heterocycles. The number of rotatable bonds is 4. The molecule has 1 amide bonds. The number of hydrogen-bond acceptors (Lipinski definition) is 4. The zero-order valence-electron chi connectivity index (χ0n) is 11.5. The normalized spacial score (nSPS) is 26.6. The Hall–Kier alpha value is -1.15. The number of nitrogens with zero attached hydrogens (tertiary/aromatic N) is 1. The van der Waals surface area contributed by atoms with E-state index in [0.29, 0.717) is 25.8 Å². The van der Waals surface area contributed by atoms with Crippen LogP contribution in [-0.4, -0.2) is 54.1 Å². The topological polar surface area (TPSA) is 104 Å². The Morgan fingerprint density at radius 1 is 1.25 bits per heavy atom. The maximum Gasteiger partial charge on any atom is 0.329 e. The number of carboxylic acid groups (broad SMARTS) is 1. The SMILES string of the molecule is CS(=O)(=O)N1CCCCC1C(=O)NC1(C(=O)O)CCC1. The van der Waals surface area contributed by atoms with Crippen LogP contribution in [0.15, 0.2) is 0 Å². The fourth-order valence-electron chi connectivity index (χ4n) is 2.81. The molecule has 0 spiro atoms. The Balaban J connectivity index is 2.12. The third-order valence-corrected chi connectivity index (χ3v) is 5.45. The van der Waals surface area contributed by atoms with Crippen molar-refractivity contribution in [3.05, 3.63) is 0 Å². The quantitative estimate of drug-likeness (QED) is 0.756. The highest BCUT2D eigenvalue weighted by Gasteiger charge is 2.47. The zero-order chi connectivity index (χ0) is 15.0. The first kappa shape index (κ1) is 15.2. The van der Waals surface area contributed by atoms with Crippen molar-refractivity contribution >= 4 is 21.9 Å². The van der Waals surface area contributed by atoms with Crippen LogP contribution in [0.2, 0.25) is 0 Å². The summed E-state index contributed by atoms with van der Waals surface area (Å²) in [5, 5.41) is 11.8. The van der Waals surface area contributed by atoms with Crippen LogP contribution < -0.4 is 5.32 Å². The number of carboxylic acids is 1. The molecule has 1 heterocycles. The summed E-state index contributed by atoms with van der Waals surface area (Å²) < 4.78 is 24.6. The molecule has 114 valence electrons. The molecule has 0 aromatic carbocycles. The fourth-order valence-corrected chi connectivity index (χ4v) is 3.93. The summed E-state index contributed by atoms with van der Waals surface area (Å²) >= 11 is 0. The van der Waals surface area contributed by atoms with E-state index in [1.54, 1.807) is 0 Å². The zero-order valence-corrected chi connectivity index (χ0v) is 12.3. The number of sulfonamides is 1. The Labute approximate surface area is 118 Å². The largest absolute Gasteiger partial charge is 0.480 e. The van der Waals surface area contributed by atoms with Gasteiger partial charge in [-0.05, 0) is 32.1 Å². The van der Waals surface area contributed by atoms with Crippen molar-refractivity contribution in [3.8, 4) is 0 Å². The van der Waals surface area contributed by atoms with Crippen molar-refractivity contribution in [2.45, 2.75) is 50.1 Å². The van der Waals surface area contributed by atoms with E-state index in [4.69, 9.17) is 0 Å². The summed E-state index contributed by atoms with van der Waals surface area (Å²) in [6.07, 6.45) is 4.57. The van der Waals surface area contributed by atoms with Gasteiger partial charge < -0.3 is 10.4 Å². The van der Waals surface area contributed by atoms with Gasteiger partial charge in [-0.1, -0.05) is 6.42 Å². The smallest absolute Gasteiger partial charge is 0.329 e. The number of amides is 1. The lowest BCUT2D eigenvalue weighted by Crippen LogP contribution is -2.63. The molecule has 1 atom stereocenters. The first-order valence-electron chi connectivity index (χ1n) is 6.78. The number of piperidine rings is 1. The van der Waals surface area contributed by atoms with E-state index in [1.807, 2.05) is 0 Å². The van der Waals surface area contributed by atoms with Gasteiger partial charge in [0.05, 0.1) is 6.26 Å². The molecule has 8 heteroatoms. The van der Waals surface area contributed by atoms with E-state index in [0.717, 1.165) is 25.5 Å². The predicted molar refractivity (Wildman–Crippen MR) is 71.5 cm³/mol. The van der Waals surface area contributed by atoms with Crippen molar-refractivity contribution in [2.75, 3.05) is 12.8 Å². The molecule has 2 rings (SSSR count). The lowest BCUT2D eigenvalue weighted by molar-refractivity contribution is -0.152. The number of nitrogens with one attached hydrogen (secondary N) is 1. The van der Waals surface area contributed by atoms with E-state index in [9.17, 15) is 23.1 Å². The second-order valence-electron chi connectivity index (χ2n) is 5.62.